The molecule has 2 aromatic heterocycles. The van der Waals surface area contributed by atoms with Crippen molar-refractivity contribution in [3.63, 3.8) is 0 Å². The summed E-state index contributed by atoms with van der Waals surface area (Å²) < 4.78 is 33.3. The van der Waals surface area contributed by atoms with Gasteiger partial charge in [-0.2, -0.15) is 0 Å². The number of aromatic amines is 1. The third-order valence-corrected chi connectivity index (χ3v) is 4.64. The van der Waals surface area contributed by atoms with Crippen LogP contribution in [0.4, 0.5) is 8.78 Å². The lowest BCUT2D eigenvalue weighted by atomic mass is 10.0. The van der Waals surface area contributed by atoms with Gasteiger partial charge in [0, 0.05) is 11.3 Å². The molecule has 1 N–H and O–H groups in total. The molecule has 0 saturated heterocycles. The molecule has 2 heterocycles. The van der Waals surface area contributed by atoms with E-state index in [0.29, 0.717) is 17.0 Å². The quantitative estimate of drug-likeness (QED) is 0.498. The first-order valence-corrected chi connectivity index (χ1v) is 8.68. The molecule has 0 aliphatic rings. The third-order valence-electron chi connectivity index (χ3n) is 4.64. The first-order chi connectivity index (χ1) is 14.1. The van der Waals surface area contributed by atoms with Crippen LogP contribution in [0.1, 0.15) is 0 Å². The second-order valence-electron chi connectivity index (χ2n) is 6.44. The molecule has 0 aliphatic heterocycles. The maximum absolute atomic E-state index is 13.6. The largest absolute Gasteiger partial charge is 0.439 e. The fraction of sp³-hybridized carbons (Fsp3) is 0. The minimum absolute atomic E-state index is 0.320. The van der Waals surface area contributed by atoms with Crippen molar-refractivity contribution >= 4 is 11.0 Å². The molecule has 6 nitrogen and oxygen atoms in total. The van der Waals surface area contributed by atoms with E-state index in [1.807, 2.05) is 41.0 Å². The Morgan fingerprint density at radius 1 is 0.897 bits per heavy atom. The molecule has 3 aromatic carbocycles. The number of H-pyrrole nitrogens is 1. The van der Waals surface area contributed by atoms with E-state index >= 15 is 0 Å². The van der Waals surface area contributed by atoms with Gasteiger partial charge in [-0.3, -0.25) is 14.1 Å². The van der Waals surface area contributed by atoms with Crippen molar-refractivity contribution in [2.24, 2.45) is 0 Å². The molecule has 0 aliphatic carbocycles. The van der Waals surface area contributed by atoms with Crippen LogP contribution in [0.25, 0.3) is 39.2 Å². The Bertz CT molecular complexity index is 1420. The monoisotopic (exact) mass is 390 g/mol. The zero-order valence-corrected chi connectivity index (χ0v) is 14.8. The molecule has 8 heteroatoms. The van der Waals surface area contributed by atoms with Gasteiger partial charge in [-0.15, -0.1) is 0 Å². The maximum Gasteiger partial charge on any atom is 0.439 e. The summed E-state index contributed by atoms with van der Waals surface area (Å²) >= 11 is 0. The summed E-state index contributed by atoms with van der Waals surface area (Å²) in [6, 6.07) is 16.6. The van der Waals surface area contributed by atoms with Gasteiger partial charge in [-0.25, -0.2) is 18.6 Å². The van der Waals surface area contributed by atoms with Crippen LogP contribution in [-0.4, -0.2) is 19.7 Å². The van der Waals surface area contributed by atoms with Gasteiger partial charge in [0.05, 0.1) is 11.0 Å². The highest BCUT2D eigenvalue weighted by Crippen LogP contribution is 2.27. The molecule has 0 fully saturated rings. The Labute approximate surface area is 162 Å². The van der Waals surface area contributed by atoms with Crippen LogP contribution in [0.5, 0.6) is 0 Å². The molecule has 0 radical (unpaired) electrons. The Balaban J connectivity index is 1.62. The summed E-state index contributed by atoms with van der Waals surface area (Å²) in [5.74, 6) is -2.09. The molecule has 0 saturated carbocycles. The number of rotatable bonds is 3. The topological polar surface area (TPSA) is 76.7 Å². The van der Waals surface area contributed by atoms with Crippen molar-refractivity contribution in [1.29, 1.82) is 0 Å². The van der Waals surface area contributed by atoms with Crippen molar-refractivity contribution in [3.05, 3.63) is 89.2 Å². The summed E-state index contributed by atoms with van der Waals surface area (Å²) in [5.41, 5.74) is 4.30. The smallest absolute Gasteiger partial charge is 0.299 e. The second kappa shape index (κ2) is 6.52. The highest BCUT2D eigenvalue weighted by molar-refractivity contribution is 5.82. The predicted molar refractivity (Wildman–Crippen MR) is 103 cm³/mol. The molecular formula is C21H12F2N4O2. The van der Waals surface area contributed by atoms with Gasteiger partial charge in [-0.1, -0.05) is 23.4 Å². The SMILES string of the molecule is O=c1[nH]c(-c2ccc3ncn(-c4cccc(-c5ccc(F)c(F)c5)c4)c3c2)no1. The molecule has 0 atom stereocenters. The number of halogens is 2. The zero-order valence-electron chi connectivity index (χ0n) is 14.8. The van der Waals surface area contributed by atoms with E-state index in [1.165, 1.54) is 12.1 Å². The van der Waals surface area contributed by atoms with Crippen molar-refractivity contribution in [2.75, 3.05) is 0 Å². The normalized spacial score (nSPS) is 11.2. The molecule has 0 unspecified atom stereocenters. The number of benzene rings is 3. The summed E-state index contributed by atoms with van der Waals surface area (Å²) in [5, 5.41) is 3.71. The van der Waals surface area contributed by atoms with Crippen LogP contribution in [-0.2, 0) is 0 Å². The summed E-state index contributed by atoms with van der Waals surface area (Å²) in [6.07, 6.45) is 1.67. The first kappa shape index (κ1) is 17.1. The molecule has 142 valence electrons. The number of hydrogen-bond acceptors (Lipinski definition) is 4. The average Bonchev–Trinajstić information content (AvgIpc) is 3.36. The van der Waals surface area contributed by atoms with Gasteiger partial charge in [0.15, 0.2) is 17.5 Å². The standard InChI is InChI=1S/C21H12F2N4O2/c22-16-6-4-13(9-17(16)23)12-2-1-3-15(8-12)27-11-24-18-7-5-14(10-19(18)27)20-25-21(28)29-26-20/h1-11H,(H,25,26,28). The fourth-order valence-corrected chi connectivity index (χ4v) is 3.23. The Morgan fingerprint density at radius 2 is 1.72 bits per heavy atom. The van der Waals surface area contributed by atoms with E-state index in [1.54, 1.807) is 12.4 Å². The van der Waals surface area contributed by atoms with Crippen LogP contribution in [0.2, 0.25) is 0 Å². The number of hydrogen-bond donors (Lipinski definition) is 1. The number of aromatic nitrogens is 4. The third kappa shape index (κ3) is 3.00. The van der Waals surface area contributed by atoms with E-state index in [4.69, 9.17) is 0 Å². The predicted octanol–water partition coefficient (Wildman–Crippen LogP) is 4.31. The lowest BCUT2D eigenvalue weighted by molar-refractivity contribution is 0.388. The van der Waals surface area contributed by atoms with E-state index in [-0.39, 0.29) is 0 Å². The Morgan fingerprint density at radius 3 is 2.52 bits per heavy atom. The van der Waals surface area contributed by atoms with Crippen LogP contribution in [0.3, 0.4) is 0 Å². The van der Waals surface area contributed by atoms with Crippen molar-refractivity contribution in [1.82, 2.24) is 19.7 Å². The zero-order chi connectivity index (χ0) is 20.0. The minimum Gasteiger partial charge on any atom is -0.299 e. The lowest BCUT2D eigenvalue weighted by Gasteiger charge is -2.08. The highest BCUT2D eigenvalue weighted by Gasteiger charge is 2.11. The van der Waals surface area contributed by atoms with Crippen LogP contribution in [0, 0.1) is 11.6 Å². The number of nitrogens with one attached hydrogen (secondary N) is 1. The van der Waals surface area contributed by atoms with Crippen molar-refractivity contribution in [3.8, 4) is 28.2 Å². The minimum atomic E-state index is -0.896. The van der Waals surface area contributed by atoms with Crippen LogP contribution < -0.4 is 5.76 Å². The van der Waals surface area contributed by atoms with Gasteiger partial charge in [0.1, 0.15) is 6.33 Å². The molecule has 29 heavy (non-hydrogen) atoms. The van der Waals surface area contributed by atoms with Crippen LogP contribution in [0.15, 0.2) is 76.3 Å². The molecule has 5 aromatic rings. The maximum atomic E-state index is 13.6. The summed E-state index contributed by atoms with van der Waals surface area (Å²) in [6.45, 7) is 0. The van der Waals surface area contributed by atoms with Crippen LogP contribution >= 0.6 is 0 Å². The number of fused-ring (bicyclic) bond motifs is 1. The van der Waals surface area contributed by atoms with Gasteiger partial charge in [0.2, 0.25) is 0 Å². The van der Waals surface area contributed by atoms with E-state index in [0.717, 1.165) is 28.4 Å². The molecule has 0 spiro atoms. The molecule has 0 bridgehead atoms. The molecule has 0 amide bonds. The first-order valence-electron chi connectivity index (χ1n) is 8.68. The molecule has 5 rings (SSSR count). The summed E-state index contributed by atoms with van der Waals surface area (Å²) in [4.78, 5) is 18.2. The van der Waals surface area contributed by atoms with E-state index in [2.05, 4.69) is 19.6 Å². The summed E-state index contributed by atoms with van der Waals surface area (Å²) in [7, 11) is 0. The number of imidazole rings is 1. The van der Waals surface area contributed by atoms with Gasteiger partial charge in [-0.05, 0) is 53.6 Å². The van der Waals surface area contributed by atoms with E-state index in [9.17, 15) is 13.6 Å². The second-order valence-corrected chi connectivity index (χ2v) is 6.44. The van der Waals surface area contributed by atoms with Crippen molar-refractivity contribution in [2.45, 2.75) is 0 Å². The average molecular weight is 390 g/mol. The van der Waals surface area contributed by atoms with Crippen molar-refractivity contribution < 1.29 is 13.3 Å². The Hall–Kier alpha value is -4.07. The van der Waals surface area contributed by atoms with Gasteiger partial charge >= 0.3 is 5.76 Å². The highest BCUT2D eigenvalue weighted by atomic mass is 19.2. The molecular weight excluding hydrogens is 378 g/mol. The van der Waals surface area contributed by atoms with E-state index < -0.39 is 17.4 Å². The lowest BCUT2D eigenvalue weighted by Crippen LogP contribution is -1.95. The number of nitrogens with zero attached hydrogens (tertiary/aromatic N) is 3. The Kier molecular flexibility index (Phi) is 3.83. The fourth-order valence-electron chi connectivity index (χ4n) is 3.23. The van der Waals surface area contributed by atoms with Gasteiger partial charge < -0.3 is 0 Å². The van der Waals surface area contributed by atoms with Gasteiger partial charge in [0.25, 0.3) is 0 Å².